The van der Waals surface area contributed by atoms with Crippen molar-refractivity contribution in [2.45, 2.75) is 19.4 Å². The summed E-state index contributed by atoms with van der Waals surface area (Å²) in [5.74, 6) is -1.23. The van der Waals surface area contributed by atoms with Crippen molar-refractivity contribution in [3.63, 3.8) is 0 Å². The number of urea groups is 1. The van der Waals surface area contributed by atoms with Crippen LogP contribution in [0.2, 0.25) is 5.02 Å². The van der Waals surface area contributed by atoms with Gasteiger partial charge in [0.25, 0.3) is 5.91 Å². The van der Waals surface area contributed by atoms with Crippen molar-refractivity contribution >= 4 is 35.3 Å². The third kappa shape index (κ3) is 7.33. The first kappa shape index (κ1) is 20.2. The normalized spacial score (nSPS) is 10.1. The molecule has 1 aromatic heterocycles. The largest absolute Gasteiger partial charge is 0.467 e. The first-order chi connectivity index (χ1) is 12.9. The second kappa shape index (κ2) is 10.1. The Hall–Kier alpha value is -3.13. The van der Waals surface area contributed by atoms with Gasteiger partial charge in [-0.25, -0.2) is 4.79 Å². The SMILES string of the molecule is O=C(COC(=O)CCC(=O)c1ccc(Cl)cc1)NC(=O)NCc1ccco1. The fraction of sp³-hybridized carbons (Fsp3) is 0.222. The number of benzene rings is 1. The Bertz CT molecular complexity index is 802. The zero-order chi connectivity index (χ0) is 19.6. The number of imide groups is 1. The van der Waals surface area contributed by atoms with Crippen molar-refractivity contribution in [1.82, 2.24) is 10.6 Å². The fourth-order valence-electron chi connectivity index (χ4n) is 2.00. The number of ether oxygens (including phenoxy) is 1. The molecule has 0 fully saturated rings. The smallest absolute Gasteiger partial charge is 0.321 e. The quantitative estimate of drug-likeness (QED) is 0.526. The molecule has 0 saturated heterocycles. The van der Waals surface area contributed by atoms with Crippen LogP contribution in [0.5, 0.6) is 0 Å². The van der Waals surface area contributed by atoms with E-state index < -0.39 is 24.5 Å². The molecule has 27 heavy (non-hydrogen) atoms. The van der Waals surface area contributed by atoms with Gasteiger partial charge in [0.2, 0.25) is 0 Å². The van der Waals surface area contributed by atoms with Crippen LogP contribution >= 0.6 is 11.6 Å². The molecule has 0 radical (unpaired) electrons. The van der Waals surface area contributed by atoms with Crippen LogP contribution in [-0.4, -0.2) is 30.3 Å². The van der Waals surface area contributed by atoms with Gasteiger partial charge in [0.15, 0.2) is 12.4 Å². The lowest BCUT2D eigenvalue weighted by atomic mass is 10.1. The molecular weight excluding hydrogens is 376 g/mol. The molecule has 0 saturated carbocycles. The van der Waals surface area contributed by atoms with Crippen LogP contribution in [0.15, 0.2) is 47.1 Å². The minimum Gasteiger partial charge on any atom is -0.467 e. The number of ketones is 1. The van der Waals surface area contributed by atoms with Crippen LogP contribution in [0, 0.1) is 0 Å². The molecule has 9 heteroatoms. The number of hydrogen-bond donors (Lipinski definition) is 2. The predicted octanol–water partition coefficient (Wildman–Crippen LogP) is 2.47. The maximum Gasteiger partial charge on any atom is 0.321 e. The average molecular weight is 393 g/mol. The van der Waals surface area contributed by atoms with E-state index in [-0.39, 0.29) is 25.2 Å². The van der Waals surface area contributed by atoms with Crippen LogP contribution in [0.25, 0.3) is 0 Å². The summed E-state index contributed by atoms with van der Waals surface area (Å²) >= 11 is 5.74. The first-order valence-electron chi connectivity index (χ1n) is 7.98. The molecule has 0 unspecified atom stereocenters. The Morgan fingerprint density at radius 3 is 2.44 bits per heavy atom. The molecule has 1 heterocycles. The molecule has 2 aromatic rings. The standard InChI is InChI=1S/C18H17ClN2O6/c19-13-5-3-12(4-6-13)15(22)7-8-17(24)27-11-16(23)21-18(25)20-10-14-2-1-9-26-14/h1-6,9H,7-8,10-11H2,(H2,20,21,23,25). The van der Waals surface area contributed by atoms with Gasteiger partial charge in [-0.15, -0.1) is 0 Å². The van der Waals surface area contributed by atoms with E-state index in [1.54, 1.807) is 36.4 Å². The van der Waals surface area contributed by atoms with Gasteiger partial charge < -0.3 is 14.5 Å². The number of carbonyl (C=O) groups excluding carboxylic acids is 4. The summed E-state index contributed by atoms with van der Waals surface area (Å²) in [6.45, 7) is -0.513. The van der Waals surface area contributed by atoms with Gasteiger partial charge in [0, 0.05) is 17.0 Å². The predicted molar refractivity (Wildman–Crippen MR) is 95.1 cm³/mol. The molecule has 0 bridgehead atoms. The minimum atomic E-state index is -0.788. The third-order valence-electron chi connectivity index (χ3n) is 3.34. The highest BCUT2D eigenvalue weighted by Gasteiger charge is 2.13. The van der Waals surface area contributed by atoms with Crippen LogP contribution in [-0.2, 0) is 20.9 Å². The highest BCUT2D eigenvalue weighted by Crippen LogP contribution is 2.12. The van der Waals surface area contributed by atoms with E-state index in [1.165, 1.54) is 6.26 Å². The summed E-state index contributed by atoms with van der Waals surface area (Å²) in [6, 6.07) is 8.86. The first-order valence-corrected chi connectivity index (χ1v) is 8.36. The number of carbonyl (C=O) groups is 4. The minimum absolute atomic E-state index is 0.0638. The molecule has 0 aliphatic heterocycles. The summed E-state index contributed by atoms with van der Waals surface area (Å²) in [6.07, 6.45) is 1.21. The van der Waals surface area contributed by atoms with Crippen LogP contribution in [0.1, 0.15) is 29.0 Å². The summed E-state index contributed by atoms with van der Waals surface area (Å²) in [4.78, 5) is 46.6. The van der Waals surface area contributed by atoms with Crippen molar-refractivity contribution in [1.29, 1.82) is 0 Å². The zero-order valence-corrected chi connectivity index (χ0v) is 15.0. The number of hydrogen-bond acceptors (Lipinski definition) is 6. The van der Waals surface area contributed by atoms with E-state index in [0.29, 0.717) is 16.3 Å². The number of furan rings is 1. The Kier molecular flexibility index (Phi) is 7.57. The molecule has 142 valence electrons. The molecular formula is C18H17ClN2O6. The lowest BCUT2D eigenvalue weighted by Gasteiger charge is -2.07. The summed E-state index contributed by atoms with van der Waals surface area (Å²) < 4.78 is 9.76. The van der Waals surface area contributed by atoms with Crippen LogP contribution < -0.4 is 10.6 Å². The summed E-state index contributed by atoms with van der Waals surface area (Å²) in [7, 11) is 0. The van der Waals surface area contributed by atoms with Gasteiger partial charge in [-0.05, 0) is 36.4 Å². The highest BCUT2D eigenvalue weighted by atomic mass is 35.5. The molecule has 0 atom stereocenters. The molecule has 2 N–H and O–H groups in total. The number of rotatable bonds is 8. The maximum absolute atomic E-state index is 11.9. The van der Waals surface area contributed by atoms with E-state index in [9.17, 15) is 19.2 Å². The monoisotopic (exact) mass is 392 g/mol. The third-order valence-corrected chi connectivity index (χ3v) is 3.59. The molecule has 1 aromatic carbocycles. The number of amides is 3. The van der Waals surface area contributed by atoms with Crippen molar-refractivity contribution in [2.24, 2.45) is 0 Å². The van der Waals surface area contributed by atoms with E-state index in [1.807, 2.05) is 5.32 Å². The van der Waals surface area contributed by atoms with E-state index in [2.05, 4.69) is 5.32 Å². The van der Waals surface area contributed by atoms with E-state index >= 15 is 0 Å². The Morgan fingerprint density at radius 2 is 1.78 bits per heavy atom. The van der Waals surface area contributed by atoms with Crippen LogP contribution in [0.4, 0.5) is 4.79 Å². The zero-order valence-electron chi connectivity index (χ0n) is 14.2. The van der Waals surface area contributed by atoms with Gasteiger partial charge in [-0.2, -0.15) is 0 Å². The average Bonchev–Trinajstić information content (AvgIpc) is 3.17. The van der Waals surface area contributed by atoms with E-state index in [4.69, 9.17) is 20.8 Å². The second-order valence-electron chi connectivity index (χ2n) is 5.40. The fourth-order valence-corrected chi connectivity index (χ4v) is 2.13. The van der Waals surface area contributed by atoms with Crippen molar-refractivity contribution in [3.05, 3.63) is 59.0 Å². The number of Topliss-reactive ketones (excluding diaryl/α,β-unsaturated/α-hetero) is 1. The number of esters is 1. The van der Waals surface area contributed by atoms with Gasteiger partial charge >= 0.3 is 12.0 Å². The molecule has 0 aliphatic rings. The topological polar surface area (TPSA) is 115 Å². The van der Waals surface area contributed by atoms with Gasteiger partial charge in [0.1, 0.15) is 5.76 Å². The van der Waals surface area contributed by atoms with Gasteiger partial charge in [-0.3, -0.25) is 19.7 Å². The summed E-state index contributed by atoms with van der Waals surface area (Å²) in [5.41, 5.74) is 0.429. The van der Waals surface area contributed by atoms with Gasteiger partial charge in [-0.1, -0.05) is 11.6 Å². The van der Waals surface area contributed by atoms with Gasteiger partial charge in [0.05, 0.1) is 19.2 Å². The maximum atomic E-state index is 11.9. The molecule has 2 rings (SSSR count). The highest BCUT2D eigenvalue weighted by molar-refractivity contribution is 6.30. The molecule has 3 amide bonds. The Morgan fingerprint density at radius 1 is 1.04 bits per heavy atom. The number of halogens is 1. The lowest BCUT2D eigenvalue weighted by Crippen LogP contribution is -2.41. The van der Waals surface area contributed by atoms with Crippen molar-refractivity contribution < 1.29 is 28.3 Å². The number of nitrogens with one attached hydrogen (secondary N) is 2. The molecule has 8 nitrogen and oxygen atoms in total. The molecule has 0 aliphatic carbocycles. The Balaban J connectivity index is 1.62. The molecule has 0 spiro atoms. The van der Waals surface area contributed by atoms with Crippen molar-refractivity contribution in [2.75, 3.05) is 6.61 Å². The van der Waals surface area contributed by atoms with Crippen molar-refractivity contribution in [3.8, 4) is 0 Å². The summed E-state index contributed by atoms with van der Waals surface area (Å²) in [5, 5.41) is 4.92. The van der Waals surface area contributed by atoms with Crippen LogP contribution in [0.3, 0.4) is 0 Å². The Labute approximate surface area is 159 Å². The lowest BCUT2D eigenvalue weighted by molar-refractivity contribution is -0.148. The van der Waals surface area contributed by atoms with E-state index in [0.717, 1.165) is 0 Å². The second-order valence-corrected chi connectivity index (χ2v) is 5.84.